The highest BCUT2D eigenvalue weighted by molar-refractivity contribution is 6.32. The number of amides is 1. The molecule has 2 unspecified atom stereocenters. The third kappa shape index (κ3) is 4.00. The van der Waals surface area contributed by atoms with E-state index in [0.717, 1.165) is 18.9 Å². The fourth-order valence-corrected chi connectivity index (χ4v) is 6.91. The molecule has 4 aliphatic carbocycles. The molecule has 0 spiro atoms. The molecular weight excluding hydrogens is 535 g/mol. The number of aromatic hydroxyl groups is 1. The summed E-state index contributed by atoms with van der Waals surface area (Å²) >= 11 is 0. The van der Waals surface area contributed by atoms with Crippen molar-refractivity contribution in [2.75, 3.05) is 14.1 Å². The van der Waals surface area contributed by atoms with Gasteiger partial charge in [-0.25, -0.2) is 0 Å². The van der Waals surface area contributed by atoms with Crippen LogP contribution in [0.5, 0.6) is 5.75 Å². The lowest BCUT2D eigenvalue weighted by atomic mass is 9.52. The first-order valence-electron chi connectivity index (χ1n) is 13.0. The minimum absolute atomic E-state index is 0.212. The predicted octanol–water partition coefficient (Wildman–Crippen LogP) is 0.528. The molecule has 0 saturated heterocycles. The SMILES string of the molecule is CN(C)[C@@H]1C(=O)C(C(N)=O)C(=O)[C@@]2(O)C(=O)C3C(=O)c4c(O)cc(CNC5(C)CC5)c(C(F)(F)F)c4C[C@H]3C[C@@H]12. The number of rotatable bonds is 5. The second-order valence-electron chi connectivity index (χ2n) is 12.0. The van der Waals surface area contributed by atoms with E-state index in [1.54, 1.807) is 0 Å². The zero-order valence-electron chi connectivity index (χ0n) is 22.1. The number of carbonyl (C=O) groups excluding carboxylic acids is 5. The van der Waals surface area contributed by atoms with Gasteiger partial charge in [0.15, 0.2) is 34.7 Å². The first-order chi connectivity index (χ1) is 18.4. The highest BCUT2D eigenvalue weighted by atomic mass is 19.4. The highest BCUT2D eigenvalue weighted by Gasteiger charge is 2.69. The Balaban J connectivity index is 1.64. The van der Waals surface area contributed by atoms with Gasteiger partial charge in [-0.3, -0.25) is 28.9 Å². The van der Waals surface area contributed by atoms with E-state index in [2.05, 4.69) is 5.32 Å². The summed E-state index contributed by atoms with van der Waals surface area (Å²) in [4.78, 5) is 67.2. The molecule has 0 heterocycles. The molecule has 4 aliphatic rings. The van der Waals surface area contributed by atoms with Gasteiger partial charge in [0.1, 0.15) is 5.75 Å². The zero-order valence-corrected chi connectivity index (χ0v) is 22.1. The van der Waals surface area contributed by atoms with Crippen molar-refractivity contribution in [2.45, 2.75) is 62.5 Å². The lowest BCUT2D eigenvalue weighted by Crippen LogP contribution is -2.74. The van der Waals surface area contributed by atoms with Crippen molar-refractivity contribution < 1.29 is 47.4 Å². The fraction of sp³-hybridized carbons (Fsp3) is 0.593. The fourth-order valence-electron chi connectivity index (χ4n) is 6.91. The number of fused-ring (bicyclic) bond motifs is 3. The van der Waals surface area contributed by atoms with E-state index in [1.807, 2.05) is 6.92 Å². The highest BCUT2D eigenvalue weighted by Crippen LogP contribution is 2.52. The molecule has 0 radical (unpaired) electrons. The number of ketones is 4. The van der Waals surface area contributed by atoms with Gasteiger partial charge >= 0.3 is 6.18 Å². The van der Waals surface area contributed by atoms with Crippen molar-refractivity contribution in [1.29, 1.82) is 0 Å². The minimum atomic E-state index is -4.90. The molecule has 3 saturated carbocycles. The Morgan fingerprint density at radius 2 is 1.80 bits per heavy atom. The van der Waals surface area contributed by atoms with Gasteiger partial charge in [0.2, 0.25) is 5.91 Å². The molecule has 13 heteroatoms. The summed E-state index contributed by atoms with van der Waals surface area (Å²) in [5.41, 5.74) is -0.456. The molecule has 6 atom stereocenters. The summed E-state index contributed by atoms with van der Waals surface area (Å²) in [6.45, 7) is 1.65. The molecule has 1 aromatic carbocycles. The van der Waals surface area contributed by atoms with Crippen LogP contribution in [0.2, 0.25) is 0 Å². The van der Waals surface area contributed by atoms with Gasteiger partial charge in [0, 0.05) is 18.0 Å². The molecule has 0 aliphatic heterocycles. The van der Waals surface area contributed by atoms with E-state index in [0.29, 0.717) is 0 Å². The number of nitrogens with one attached hydrogen (secondary N) is 1. The third-order valence-electron chi connectivity index (χ3n) is 9.13. The average molecular weight is 566 g/mol. The molecule has 1 amide bonds. The van der Waals surface area contributed by atoms with Crippen LogP contribution >= 0.6 is 0 Å². The Labute approximate surface area is 227 Å². The topological polar surface area (TPSA) is 167 Å². The standard InChI is InChI=1S/C27H30F3N3O7/c1-25(4-5-25)32-9-11-8-14(34)16-12(18(11)27(28,29)30)6-10-7-13-19(33(2)3)21(36)17(24(31)39)23(38)26(13,40)22(37)15(10)20(16)35/h8,10,13,15,17,19,32,34,40H,4-7,9H2,1-3H3,(H2,31,39)/t10-,13-,15?,17?,19-,26-/m0/s1. The van der Waals surface area contributed by atoms with Crippen molar-refractivity contribution in [2.24, 2.45) is 29.4 Å². The van der Waals surface area contributed by atoms with Crippen molar-refractivity contribution in [3.8, 4) is 5.75 Å². The van der Waals surface area contributed by atoms with E-state index in [9.17, 15) is 47.4 Å². The van der Waals surface area contributed by atoms with Crippen LogP contribution in [0.3, 0.4) is 0 Å². The molecular formula is C27H30F3N3O7. The molecule has 40 heavy (non-hydrogen) atoms. The molecule has 0 bridgehead atoms. The second-order valence-corrected chi connectivity index (χ2v) is 12.0. The third-order valence-corrected chi connectivity index (χ3v) is 9.13. The summed E-state index contributed by atoms with van der Waals surface area (Å²) in [6, 6.07) is -0.481. The van der Waals surface area contributed by atoms with Gasteiger partial charge in [-0.05, 0) is 69.8 Å². The number of alkyl halides is 3. The number of carbonyl (C=O) groups is 5. The van der Waals surface area contributed by atoms with Gasteiger partial charge in [0.05, 0.1) is 23.1 Å². The minimum Gasteiger partial charge on any atom is -0.507 e. The Hall–Kier alpha value is -3.16. The first kappa shape index (κ1) is 28.4. The smallest absolute Gasteiger partial charge is 0.417 e. The normalized spacial score (nSPS) is 33.0. The molecule has 1 aromatic rings. The molecule has 3 fully saturated rings. The second kappa shape index (κ2) is 8.92. The number of hydrogen-bond acceptors (Lipinski definition) is 9. The Kier molecular flexibility index (Phi) is 6.33. The number of aliphatic hydroxyl groups is 1. The van der Waals surface area contributed by atoms with Gasteiger partial charge in [0.25, 0.3) is 0 Å². The maximum Gasteiger partial charge on any atom is 0.417 e. The number of benzene rings is 1. The van der Waals surface area contributed by atoms with E-state index in [4.69, 9.17) is 5.73 Å². The van der Waals surface area contributed by atoms with Crippen molar-refractivity contribution in [3.05, 3.63) is 28.3 Å². The summed E-state index contributed by atoms with van der Waals surface area (Å²) in [7, 11) is 2.85. The lowest BCUT2D eigenvalue weighted by Gasteiger charge is -2.52. The molecule has 5 rings (SSSR count). The number of primary amides is 1. The monoisotopic (exact) mass is 565 g/mol. The Morgan fingerprint density at radius 3 is 2.33 bits per heavy atom. The number of phenols is 1. The summed E-state index contributed by atoms with van der Waals surface area (Å²) in [6.07, 6.45) is -4.13. The van der Waals surface area contributed by atoms with Gasteiger partial charge < -0.3 is 21.3 Å². The van der Waals surface area contributed by atoms with E-state index < -0.39 is 99.4 Å². The van der Waals surface area contributed by atoms with E-state index in [1.165, 1.54) is 19.0 Å². The van der Waals surface area contributed by atoms with Gasteiger partial charge in [-0.1, -0.05) is 0 Å². The summed E-state index contributed by atoms with van der Waals surface area (Å²) in [5, 5.41) is 25.4. The lowest BCUT2D eigenvalue weighted by molar-refractivity contribution is -0.181. The van der Waals surface area contributed by atoms with Crippen LogP contribution in [0.1, 0.15) is 53.2 Å². The number of hydrogen-bond donors (Lipinski definition) is 4. The van der Waals surface area contributed by atoms with Crippen molar-refractivity contribution in [3.63, 3.8) is 0 Å². The van der Waals surface area contributed by atoms with Crippen LogP contribution in [0, 0.1) is 23.7 Å². The van der Waals surface area contributed by atoms with E-state index >= 15 is 0 Å². The molecule has 10 nitrogen and oxygen atoms in total. The van der Waals surface area contributed by atoms with E-state index in [-0.39, 0.29) is 24.1 Å². The van der Waals surface area contributed by atoms with Crippen LogP contribution in [-0.2, 0) is 38.3 Å². The Morgan fingerprint density at radius 1 is 1.18 bits per heavy atom. The molecule has 0 aromatic heterocycles. The molecule has 5 N–H and O–H groups in total. The number of nitrogens with two attached hydrogens (primary N) is 1. The number of likely N-dealkylation sites (N-methyl/N-ethyl adjacent to an activating group) is 1. The average Bonchev–Trinajstić information content (AvgIpc) is 3.56. The largest absolute Gasteiger partial charge is 0.507 e. The van der Waals surface area contributed by atoms with Crippen LogP contribution in [0.4, 0.5) is 13.2 Å². The number of halogens is 3. The van der Waals surface area contributed by atoms with Crippen molar-refractivity contribution in [1.82, 2.24) is 10.2 Å². The maximum absolute atomic E-state index is 14.5. The summed E-state index contributed by atoms with van der Waals surface area (Å²) in [5.74, 6) is -13.3. The van der Waals surface area contributed by atoms with Gasteiger partial charge in [-0.15, -0.1) is 0 Å². The van der Waals surface area contributed by atoms with Crippen LogP contribution in [0.25, 0.3) is 0 Å². The Bertz CT molecular complexity index is 1370. The summed E-state index contributed by atoms with van der Waals surface area (Å²) < 4.78 is 43.4. The maximum atomic E-state index is 14.5. The quantitative estimate of drug-likeness (QED) is 0.372. The van der Waals surface area contributed by atoms with Crippen molar-refractivity contribution >= 4 is 29.0 Å². The number of Topliss-reactive ketones (excluding diaryl/α,β-unsaturated/α-hetero) is 4. The number of phenolic OH excluding ortho intramolecular Hbond substituents is 1. The number of nitrogens with zero attached hydrogens (tertiary/aromatic N) is 1. The molecule has 216 valence electrons. The predicted molar refractivity (Wildman–Crippen MR) is 131 cm³/mol. The zero-order chi connectivity index (χ0) is 29.7. The van der Waals surface area contributed by atoms with Crippen LogP contribution in [0.15, 0.2) is 6.07 Å². The van der Waals surface area contributed by atoms with Gasteiger partial charge in [-0.2, -0.15) is 13.2 Å². The van der Waals surface area contributed by atoms with Crippen LogP contribution in [-0.4, -0.2) is 75.4 Å². The van der Waals surface area contributed by atoms with Crippen LogP contribution < -0.4 is 11.1 Å². The first-order valence-corrected chi connectivity index (χ1v) is 13.0.